The molecule has 4 amide bonds. The molecule has 2 rings (SSSR count). The van der Waals surface area contributed by atoms with Crippen molar-refractivity contribution in [2.75, 3.05) is 39.6 Å². The maximum atomic E-state index is 14.0. The number of carbonyl (C=O) groups excluding carboxylic acids is 4. The second kappa shape index (κ2) is 30.5. The Morgan fingerprint density at radius 3 is 1.98 bits per heavy atom. The van der Waals surface area contributed by atoms with Gasteiger partial charge in [0, 0.05) is 18.5 Å². The predicted octanol–water partition coefficient (Wildman–Crippen LogP) is 1.85. The molecule has 354 valence electrons. The number of carboxylic acids is 1. The number of aliphatic hydroxyl groups is 3. The molecule has 0 bridgehead atoms. The molecule has 1 aromatic carbocycles. The SMILES string of the molecule is CCCCCCCCCCCCCCCCOP(=O)(O)OCCNC(=O)CC[C@@H](NC(=O)[C@H](CO)N(C(=O)c1ccccc1)C1O[C@H](CO)[C@@H](O)[C@H](OCC(=O)O)[C@H]1N)C(N)=O. The summed E-state index contributed by atoms with van der Waals surface area (Å²) in [5, 5.41) is 45.1. The quantitative estimate of drug-likeness (QED) is 0.0352. The molecule has 1 aliphatic heterocycles. The van der Waals surface area contributed by atoms with Crippen LogP contribution in [0.25, 0.3) is 0 Å². The molecule has 0 radical (unpaired) electrons. The van der Waals surface area contributed by atoms with Crippen LogP contribution in [0.1, 0.15) is 120 Å². The average Bonchev–Trinajstić information content (AvgIpc) is 3.24. The number of aliphatic carboxylic acids is 1. The summed E-state index contributed by atoms with van der Waals surface area (Å²) in [6.45, 7) is -1.13. The number of aliphatic hydroxyl groups excluding tert-OH is 3. The van der Waals surface area contributed by atoms with Crippen LogP contribution in [0.15, 0.2) is 30.3 Å². The topological polar surface area (TPSA) is 320 Å². The maximum absolute atomic E-state index is 14.0. The Labute approximate surface area is 364 Å². The molecular formula is C41H70N5O15P. The van der Waals surface area contributed by atoms with E-state index in [0.717, 1.165) is 24.2 Å². The zero-order valence-electron chi connectivity index (χ0n) is 35.9. The minimum Gasteiger partial charge on any atom is -0.480 e. The van der Waals surface area contributed by atoms with E-state index in [2.05, 4.69) is 17.6 Å². The van der Waals surface area contributed by atoms with E-state index in [4.69, 9.17) is 35.1 Å². The molecule has 21 heteroatoms. The zero-order valence-corrected chi connectivity index (χ0v) is 36.7. The first kappa shape index (κ1) is 54.6. The summed E-state index contributed by atoms with van der Waals surface area (Å²) in [5.74, 6) is -5.17. The first-order valence-corrected chi connectivity index (χ1v) is 23.2. The van der Waals surface area contributed by atoms with Gasteiger partial charge < -0.3 is 56.9 Å². The molecular weight excluding hydrogens is 833 g/mol. The number of carbonyl (C=O) groups is 5. The van der Waals surface area contributed by atoms with Crippen molar-refractivity contribution < 1.29 is 72.4 Å². The summed E-state index contributed by atoms with van der Waals surface area (Å²) >= 11 is 0. The van der Waals surface area contributed by atoms with E-state index in [0.29, 0.717) is 6.42 Å². The lowest BCUT2D eigenvalue weighted by Gasteiger charge is -2.48. The fourth-order valence-electron chi connectivity index (χ4n) is 6.98. The third kappa shape index (κ3) is 20.3. The molecule has 1 saturated heterocycles. The van der Waals surface area contributed by atoms with Crippen LogP contribution < -0.4 is 22.1 Å². The third-order valence-corrected chi connectivity index (χ3v) is 11.4. The second-order valence-corrected chi connectivity index (χ2v) is 16.8. The number of benzene rings is 1. The lowest BCUT2D eigenvalue weighted by atomic mass is 9.94. The van der Waals surface area contributed by atoms with Gasteiger partial charge in [0.1, 0.15) is 37.0 Å². The standard InChI is InChI=1S/C41H70N5O15P/c1-2-3-4-5-6-7-8-9-10-11-12-13-14-18-24-59-62(56,57)60-25-23-44-33(49)22-21-30(38(43)53)45-39(54)31(26-47)46(40(55)29-19-16-15-17-20-29)41-35(42)37(58-28-34(50)51)36(52)32(27-48)61-41/h15-17,19-20,30-32,35-37,41,47-48,52H,2-14,18,21-28,42H2,1H3,(H2,43,53)(H,44,49)(H,45,54)(H,50,51)(H,56,57)/t30-,31+,32-,35-,36-,37-,41?/m1/s1. The fraction of sp³-hybridized carbons (Fsp3) is 0.732. The Morgan fingerprint density at radius 2 is 1.45 bits per heavy atom. The third-order valence-electron chi connectivity index (χ3n) is 10.4. The number of rotatable bonds is 34. The molecule has 0 aliphatic carbocycles. The number of ether oxygens (including phenoxy) is 2. The molecule has 1 aromatic rings. The molecule has 1 heterocycles. The molecule has 0 spiro atoms. The van der Waals surface area contributed by atoms with E-state index < -0.39 is 99.9 Å². The van der Waals surface area contributed by atoms with Crippen LogP contribution in [-0.4, -0.2) is 142 Å². The van der Waals surface area contributed by atoms with E-state index in [1.807, 2.05) is 0 Å². The molecule has 2 unspecified atom stereocenters. The summed E-state index contributed by atoms with van der Waals surface area (Å²) < 4.78 is 33.3. The number of unbranched alkanes of at least 4 members (excludes halogenated alkanes) is 13. The largest absolute Gasteiger partial charge is 0.480 e. The van der Waals surface area contributed by atoms with Gasteiger partial charge in [0.15, 0.2) is 6.23 Å². The van der Waals surface area contributed by atoms with Crippen LogP contribution in [0, 0.1) is 0 Å². The smallest absolute Gasteiger partial charge is 0.472 e. The summed E-state index contributed by atoms with van der Waals surface area (Å²) in [6.07, 6.45) is 9.28. The van der Waals surface area contributed by atoms with Crippen molar-refractivity contribution in [3.63, 3.8) is 0 Å². The van der Waals surface area contributed by atoms with E-state index in [9.17, 15) is 48.8 Å². The van der Waals surface area contributed by atoms with Crippen LogP contribution >= 0.6 is 7.82 Å². The highest BCUT2D eigenvalue weighted by molar-refractivity contribution is 7.47. The number of phosphoric acid groups is 1. The van der Waals surface area contributed by atoms with Gasteiger partial charge in [0.2, 0.25) is 17.7 Å². The van der Waals surface area contributed by atoms with Crippen LogP contribution in [0.2, 0.25) is 0 Å². The van der Waals surface area contributed by atoms with Crippen molar-refractivity contribution in [1.82, 2.24) is 15.5 Å². The number of carboxylic acid groups (broad SMARTS) is 1. The highest BCUT2D eigenvalue weighted by atomic mass is 31.2. The monoisotopic (exact) mass is 903 g/mol. The number of hydrogen-bond acceptors (Lipinski definition) is 14. The van der Waals surface area contributed by atoms with Gasteiger partial charge in [0.05, 0.1) is 32.5 Å². The minimum absolute atomic E-state index is 0.00883. The molecule has 8 atom stereocenters. The van der Waals surface area contributed by atoms with Gasteiger partial charge in [-0.3, -0.25) is 33.1 Å². The molecule has 0 saturated carbocycles. The molecule has 62 heavy (non-hydrogen) atoms. The van der Waals surface area contributed by atoms with Crippen molar-refractivity contribution >= 4 is 37.4 Å². The maximum Gasteiger partial charge on any atom is 0.472 e. The summed E-state index contributed by atoms with van der Waals surface area (Å²) in [6, 6.07) is 2.50. The highest BCUT2D eigenvalue weighted by Gasteiger charge is 2.50. The molecule has 1 fully saturated rings. The minimum atomic E-state index is -4.36. The molecule has 20 nitrogen and oxygen atoms in total. The van der Waals surface area contributed by atoms with Gasteiger partial charge in [-0.2, -0.15) is 0 Å². The number of nitrogens with one attached hydrogen (secondary N) is 2. The Bertz CT molecular complexity index is 1530. The average molecular weight is 904 g/mol. The normalized spacial score (nSPS) is 20.7. The van der Waals surface area contributed by atoms with Crippen LogP contribution in [0.5, 0.6) is 0 Å². The van der Waals surface area contributed by atoms with Crippen molar-refractivity contribution in [3.05, 3.63) is 35.9 Å². The Kier molecular flexibility index (Phi) is 26.9. The van der Waals surface area contributed by atoms with Crippen molar-refractivity contribution in [2.24, 2.45) is 11.5 Å². The van der Waals surface area contributed by atoms with Crippen LogP contribution in [-0.2, 0) is 42.3 Å². The Balaban J connectivity index is 1.87. The van der Waals surface area contributed by atoms with Crippen molar-refractivity contribution in [2.45, 2.75) is 152 Å². The van der Waals surface area contributed by atoms with E-state index in [-0.39, 0.29) is 38.2 Å². The number of primary amides is 1. The predicted molar refractivity (Wildman–Crippen MR) is 226 cm³/mol. The van der Waals surface area contributed by atoms with Gasteiger partial charge in [0.25, 0.3) is 5.91 Å². The van der Waals surface area contributed by atoms with E-state index in [1.165, 1.54) is 88.5 Å². The summed E-state index contributed by atoms with van der Waals surface area (Å²) in [7, 11) is -4.36. The van der Waals surface area contributed by atoms with E-state index in [1.54, 1.807) is 6.07 Å². The van der Waals surface area contributed by atoms with Crippen molar-refractivity contribution in [1.29, 1.82) is 0 Å². The molecule has 1 aliphatic rings. The highest BCUT2D eigenvalue weighted by Crippen LogP contribution is 2.43. The first-order chi connectivity index (χ1) is 29.7. The molecule has 11 N–H and O–H groups in total. The number of nitrogens with zero attached hydrogens (tertiary/aromatic N) is 1. The summed E-state index contributed by atoms with van der Waals surface area (Å²) in [5.41, 5.74) is 11.9. The fourth-order valence-corrected chi connectivity index (χ4v) is 7.73. The Hall–Kier alpha value is -3.56. The van der Waals surface area contributed by atoms with E-state index >= 15 is 0 Å². The lowest BCUT2D eigenvalue weighted by Crippen LogP contribution is -2.70. The van der Waals surface area contributed by atoms with Crippen molar-refractivity contribution in [3.8, 4) is 0 Å². The number of phosphoric ester groups is 1. The summed E-state index contributed by atoms with van der Waals surface area (Å²) in [4.78, 5) is 74.7. The Morgan fingerprint density at radius 1 is 0.887 bits per heavy atom. The van der Waals surface area contributed by atoms with Gasteiger partial charge in [-0.25, -0.2) is 9.36 Å². The zero-order chi connectivity index (χ0) is 45.9. The van der Waals surface area contributed by atoms with Gasteiger partial charge in [-0.05, 0) is 25.0 Å². The van der Waals surface area contributed by atoms with Gasteiger partial charge in [-0.15, -0.1) is 0 Å². The van der Waals surface area contributed by atoms with Gasteiger partial charge >= 0.3 is 13.8 Å². The number of amides is 4. The van der Waals surface area contributed by atoms with Crippen LogP contribution in [0.3, 0.4) is 0 Å². The molecule has 0 aromatic heterocycles. The van der Waals surface area contributed by atoms with Gasteiger partial charge in [-0.1, -0.05) is 109 Å². The lowest BCUT2D eigenvalue weighted by molar-refractivity contribution is -0.234. The number of hydrogen-bond donors (Lipinski definition) is 9. The number of nitrogens with two attached hydrogens (primary N) is 2. The first-order valence-electron chi connectivity index (χ1n) is 21.7. The second-order valence-electron chi connectivity index (χ2n) is 15.3. The van der Waals surface area contributed by atoms with Crippen LogP contribution in [0.4, 0.5) is 0 Å².